The van der Waals surface area contributed by atoms with E-state index in [1.54, 1.807) is 24.3 Å². The van der Waals surface area contributed by atoms with Gasteiger partial charge in [-0.1, -0.05) is 29.8 Å². The molecule has 0 radical (unpaired) electrons. The molecule has 2 aromatic rings. The third-order valence-electron chi connectivity index (χ3n) is 2.82. The number of rotatable bonds is 3. The average Bonchev–Trinajstić information content (AvgIpc) is 2.38. The molecule has 2 rings (SSSR count). The van der Waals surface area contributed by atoms with Crippen molar-refractivity contribution >= 4 is 35.4 Å². The Kier molecular flexibility index (Phi) is 5.33. The van der Waals surface area contributed by atoms with E-state index in [1.165, 1.54) is 12.1 Å². The lowest BCUT2D eigenvalue weighted by Crippen LogP contribution is -2.12. The number of nitrogens with two attached hydrogens (primary N) is 2. The van der Waals surface area contributed by atoms with E-state index in [0.29, 0.717) is 10.6 Å². The third-order valence-corrected chi connectivity index (χ3v) is 3.05. The zero-order valence-electron chi connectivity index (χ0n) is 10.3. The molecule has 2 aromatic carbocycles. The van der Waals surface area contributed by atoms with E-state index in [0.717, 1.165) is 5.56 Å². The third kappa shape index (κ3) is 3.39. The summed E-state index contributed by atoms with van der Waals surface area (Å²) in [4.78, 5) is 10.3. The first-order chi connectivity index (χ1) is 8.99. The Morgan fingerprint density at radius 1 is 1.15 bits per heavy atom. The van der Waals surface area contributed by atoms with Crippen molar-refractivity contribution in [1.29, 1.82) is 0 Å². The lowest BCUT2D eigenvalue weighted by Gasteiger charge is -2.13. The van der Waals surface area contributed by atoms with E-state index in [-0.39, 0.29) is 23.8 Å². The number of hydrogen-bond acceptors (Lipinski definition) is 4. The topological polar surface area (TPSA) is 95.2 Å². The van der Waals surface area contributed by atoms with Gasteiger partial charge in [0.2, 0.25) is 0 Å². The maximum absolute atomic E-state index is 10.9. The van der Waals surface area contributed by atoms with Crippen molar-refractivity contribution in [3.05, 3.63) is 68.7 Å². The Bertz CT molecular complexity index is 635. The van der Waals surface area contributed by atoms with Crippen LogP contribution in [0.25, 0.3) is 0 Å². The summed E-state index contributed by atoms with van der Waals surface area (Å²) in [6.45, 7) is 0. The number of benzene rings is 2. The first-order valence-electron chi connectivity index (χ1n) is 5.54. The molecule has 0 amide bonds. The van der Waals surface area contributed by atoms with Gasteiger partial charge < -0.3 is 11.5 Å². The van der Waals surface area contributed by atoms with Crippen LogP contribution in [0.4, 0.5) is 11.4 Å². The quantitative estimate of drug-likeness (QED) is 0.516. The van der Waals surface area contributed by atoms with Crippen LogP contribution in [0.15, 0.2) is 42.5 Å². The normalized spacial score (nSPS) is 11.5. The van der Waals surface area contributed by atoms with Gasteiger partial charge in [0.05, 0.1) is 11.0 Å². The fraction of sp³-hybridized carbons (Fsp3) is 0.0769. The highest BCUT2D eigenvalue weighted by atomic mass is 35.5. The smallest absolute Gasteiger partial charge is 0.292 e. The Labute approximate surface area is 127 Å². The summed E-state index contributed by atoms with van der Waals surface area (Å²) in [5, 5.41) is 11.4. The van der Waals surface area contributed by atoms with Gasteiger partial charge in [-0.3, -0.25) is 10.1 Å². The Balaban J connectivity index is 0.00000200. The number of halogens is 2. The first kappa shape index (κ1) is 16.2. The van der Waals surface area contributed by atoms with E-state index in [2.05, 4.69) is 0 Å². The minimum Gasteiger partial charge on any atom is -0.393 e. The molecule has 5 nitrogen and oxygen atoms in total. The molecule has 0 saturated carbocycles. The van der Waals surface area contributed by atoms with Crippen LogP contribution in [0, 0.1) is 10.1 Å². The second-order valence-electron chi connectivity index (χ2n) is 4.11. The van der Waals surface area contributed by atoms with Crippen molar-refractivity contribution in [1.82, 2.24) is 0 Å². The van der Waals surface area contributed by atoms with Crippen molar-refractivity contribution < 1.29 is 4.92 Å². The highest BCUT2D eigenvalue weighted by Gasteiger charge is 2.16. The van der Waals surface area contributed by atoms with Crippen LogP contribution in [0.3, 0.4) is 0 Å². The SMILES string of the molecule is Cl.Nc1ccc(C(N)c2cccc(Cl)c2)cc1[N+](=O)[O-]. The fourth-order valence-electron chi connectivity index (χ4n) is 1.80. The highest BCUT2D eigenvalue weighted by molar-refractivity contribution is 6.30. The summed E-state index contributed by atoms with van der Waals surface area (Å²) in [6.07, 6.45) is 0. The molecule has 0 aromatic heterocycles. The van der Waals surface area contributed by atoms with Gasteiger partial charge in [-0.05, 0) is 29.3 Å². The van der Waals surface area contributed by atoms with Gasteiger partial charge in [0.15, 0.2) is 0 Å². The second-order valence-corrected chi connectivity index (χ2v) is 4.54. The standard InChI is InChI=1S/C13H12ClN3O2.ClH/c14-10-3-1-2-8(6-10)13(16)9-4-5-11(15)12(7-9)17(18)19;/h1-7,13H,15-16H2;1H. The van der Waals surface area contributed by atoms with Crippen molar-refractivity contribution in [3.63, 3.8) is 0 Å². The van der Waals surface area contributed by atoms with Crippen LogP contribution in [0.1, 0.15) is 17.2 Å². The number of anilines is 1. The number of nitro benzene ring substituents is 1. The average molecular weight is 314 g/mol. The molecule has 7 heteroatoms. The predicted molar refractivity (Wildman–Crippen MR) is 82.2 cm³/mol. The molecular weight excluding hydrogens is 301 g/mol. The van der Waals surface area contributed by atoms with Crippen molar-refractivity contribution in [2.45, 2.75) is 6.04 Å². The summed E-state index contributed by atoms with van der Waals surface area (Å²) in [6, 6.07) is 11.1. The molecule has 0 saturated heterocycles. The van der Waals surface area contributed by atoms with E-state index in [4.69, 9.17) is 23.1 Å². The molecule has 4 N–H and O–H groups in total. The van der Waals surface area contributed by atoms with Crippen LogP contribution >= 0.6 is 24.0 Å². The van der Waals surface area contributed by atoms with Gasteiger partial charge in [0.25, 0.3) is 5.69 Å². The van der Waals surface area contributed by atoms with Crippen LogP contribution in [0.5, 0.6) is 0 Å². The van der Waals surface area contributed by atoms with E-state index >= 15 is 0 Å². The van der Waals surface area contributed by atoms with Gasteiger partial charge >= 0.3 is 0 Å². The van der Waals surface area contributed by atoms with E-state index < -0.39 is 11.0 Å². The second kappa shape index (κ2) is 6.56. The maximum atomic E-state index is 10.9. The van der Waals surface area contributed by atoms with E-state index in [1.807, 2.05) is 6.07 Å². The van der Waals surface area contributed by atoms with Crippen molar-refractivity contribution in [2.75, 3.05) is 5.73 Å². The first-order valence-corrected chi connectivity index (χ1v) is 5.91. The van der Waals surface area contributed by atoms with Gasteiger partial charge in [-0.15, -0.1) is 12.4 Å². The molecule has 1 unspecified atom stereocenters. The Morgan fingerprint density at radius 3 is 2.40 bits per heavy atom. The molecule has 0 aliphatic heterocycles. The van der Waals surface area contributed by atoms with Gasteiger partial charge in [0, 0.05) is 11.1 Å². The number of hydrogen-bond donors (Lipinski definition) is 2. The van der Waals surface area contributed by atoms with Crippen LogP contribution in [0.2, 0.25) is 5.02 Å². The molecule has 0 aliphatic carbocycles. The number of nitrogens with zero attached hydrogens (tertiary/aromatic N) is 1. The minimum atomic E-state index is -0.524. The molecule has 0 heterocycles. The van der Waals surface area contributed by atoms with Crippen LogP contribution in [-0.4, -0.2) is 4.92 Å². The van der Waals surface area contributed by atoms with Crippen molar-refractivity contribution in [2.24, 2.45) is 5.73 Å². The van der Waals surface area contributed by atoms with Gasteiger partial charge in [-0.2, -0.15) is 0 Å². The minimum absolute atomic E-state index is 0. The number of nitrogen functional groups attached to an aromatic ring is 1. The number of nitro groups is 1. The lowest BCUT2D eigenvalue weighted by atomic mass is 9.99. The Morgan fingerprint density at radius 2 is 1.80 bits per heavy atom. The largest absolute Gasteiger partial charge is 0.393 e. The fourth-order valence-corrected chi connectivity index (χ4v) is 2.00. The van der Waals surface area contributed by atoms with Gasteiger partial charge in [0.1, 0.15) is 5.69 Å². The molecule has 0 fully saturated rings. The summed E-state index contributed by atoms with van der Waals surface area (Å²) in [7, 11) is 0. The zero-order valence-corrected chi connectivity index (χ0v) is 11.9. The molecule has 0 bridgehead atoms. The van der Waals surface area contributed by atoms with Crippen molar-refractivity contribution in [3.8, 4) is 0 Å². The molecule has 106 valence electrons. The molecule has 20 heavy (non-hydrogen) atoms. The van der Waals surface area contributed by atoms with Crippen LogP contribution in [-0.2, 0) is 0 Å². The van der Waals surface area contributed by atoms with Gasteiger partial charge in [-0.25, -0.2) is 0 Å². The molecule has 0 aliphatic rings. The summed E-state index contributed by atoms with van der Waals surface area (Å²) >= 11 is 5.90. The Hall–Kier alpha value is -1.82. The molecular formula is C13H13Cl2N3O2. The zero-order chi connectivity index (χ0) is 14.0. The maximum Gasteiger partial charge on any atom is 0.292 e. The summed E-state index contributed by atoms with van der Waals surface area (Å²) in [5.74, 6) is 0. The van der Waals surface area contributed by atoms with Crippen LogP contribution < -0.4 is 11.5 Å². The summed E-state index contributed by atoms with van der Waals surface area (Å²) < 4.78 is 0. The molecule has 1 atom stereocenters. The van der Waals surface area contributed by atoms with E-state index in [9.17, 15) is 10.1 Å². The molecule has 0 spiro atoms. The summed E-state index contributed by atoms with van der Waals surface area (Å²) in [5.41, 5.74) is 13.0. The predicted octanol–water partition coefficient (Wildman–Crippen LogP) is 3.30. The monoisotopic (exact) mass is 313 g/mol. The highest BCUT2D eigenvalue weighted by Crippen LogP contribution is 2.28. The lowest BCUT2D eigenvalue weighted by molar-refractivity contribution is -0.384.